The maximum absolute atomic E-state index is 13.3. The Morgan fingerprint density at radius 3 is 2.69 bits per heavy atom. The van der Waals surface area contributed by atoms with Gasteiger partial charge in [-0.05, 0) is 54.1 Å². The second-order valence-corrected chi connectivity index (χ2v) is 6.00. The zero-order valence-corrected chi connectivity index (χ0v) is 13.6. The van der Waals surface area contributed by atoms with Crippen molar-refractivity contribution in [3.05, 3.63) is 83.2 Å². The molecule has 4 rings (SSSR count). The normalized spacial score (nSPS) is 14.4. The standard InChI is InChI=1S/C20H15F2N3O/c21-17-5-3-12(8-18(17)22)11-24-14-4-6-19-15(9-14)16(20(26)25-19)10-13-2-1-7-23-13/h1-10,23-24H,11H2,(H,25,26). The van der Waals surface area contributed by atoms with Gasteiger partial charge in [0.1, 0.15) is 0 Å². The second-order valence-electron chi connectivity index (χ2n) is 6.00. The van der Waals surface area contributed by atoms with Crippen molar-refractivity contribution in [3.8, 4) is 0 Å². The van der Waals surface area contributed by atoms with Crippen LogP contribution in [0.15, 0.2) is 54.7 Å². The van der Waals surface area contributed by atoms with Gasteiger partial charge in [-0.1, -0.05) is 6.07 Å². The van der Waals surface area contributed by atoms with Crippen LogP contribution in [-0.4, -0.2) is 10.9 Å². The molecule has 26 heavy (non-hydrogen) atoms. The van der Waals surface area contributed by atoms with Gasteiger partial charge in [0.15, 0.2) is 11.6 Å². The molecule has 0 saturated heterocycles. The van der Waals surface area contributed by atoms with Crippen molar-refractivity contribution in [3.63, 3.8) is 0 Å². The van der Waals surface area contributed by atoms with Gasteiger partial charge < -0.3 is 15.6 Å². The Balaban J connectivity index is 1.58. The number of aromatic amines is 1. The lowest BCUT2D eigenvalue weighted by Crippen LogP contribution is -2.03. The van der Waals surface area contributed by atoms with Gasteiger partial charge >= 0.3 is 0 Å². The summed E-state index contributed by atoms with van der Waals surface area (Å²) in [6, 6.07) is 13.0. The molecule has 0 fully saturated rings. The first-order valence-corrected chi connectivity index (χ1v) is 8.09. The first-order chi connectivity index (χ1) is 12.6. The number of fused-ring (bicyclic) bond motifs is 1. The maximum Gasteiger partial charge on any atom is 0.256 e. The number of aromatic nitrogens is 1. The summed E-state index contributed by atoms with van der Waals surface area (Å²) in [6.07, 6.45) is 3.58. The van der Waals surface area contributed by atoms with E-state index in [-0.39, 0.29) is 5.91 Å². The van der Waals surface area contributed by atoms with Crippen molar-refractivity contribution in [1.29, 1.82) is 0 Å². The molecule has 3 N–H and O–H groups in total. The zero-order valence-electron chi connectivity index (χ0n) is 13.6. The predicted octanol–water partition coefficient (Wildman–Crippen LogP) is 4.40. The summed E-state index contributed by atoms with van der Waals surface area (Å²) in [5, 5.41) is 6.00. The minimum absolute atomic E-state index is 0.160. The van der Waals surface area contributed by atoms with Crippen molar-refractivity contribution in [2.45, 2.75) is 6.54 Å². The van der Waals surface area contributed by atoms with Crippen molar-refractivity contribution in [1.82, 2.24) is 4.98 Å². The Bertz CT molecular complexity index is 1010. The van der Waals surface area contributed by atoms with E-state index in [9.17, 15) is 13.6 Å². The molecule has 0 atom stereocenters. The molecule has 6 heteroatoms. The average Bonchev–Trinajstić information content (AvgIpc) is 3.25. The first kappa shape index (κ1) is 16.1. The highest BCUT2D eigenvalue weighted by Crippen LogP contribution is 2.35. The van der Waals surface area contributed by atoms with Gasteiger partial charge in [-0.25, -0.2) is 8.78 Å². The monoisotopic (exact) mass is 351 g/mol. The van der Waals surface area contributed by atoms with E-state index in [0.717, 1.165) is 34.8 Å². The molecule has 2 aromatic carbocycles. The van der Waals surface area contributed by atoms with E-state index >= 15 is 0 Å². The molecule has 1 amide bonds. The van der Waals surface area contributed by atoms with E-state index in [2.05, 4.69) is 15.6 Å². The first-order valence-electron chi connectivity index (χ1n) is 8.09. The smallest absolute Gasteiger partial charge is 0.256 e. The molecule has 0 unspecified atom stereocenters. The van der Waals surface area contributed by atoms with Crippen molar-refractivity contribution in [2.24, 2.45) is 0 Å². The Kier molecular flexibility index (Phi) is 4.01. The third-order valence-electron chi connectivity index (χ3n) is 4.21. The lowest BCUT2D eigenvalue weighted by atomic mass is 10.1. The van der Waals surface area contributed by atoms with Crippen LogP contribution in [0.5, 0.6) is 0 Å². The SMILES string of the molecule is O=C1Nc2ccc(NCc3ccc(F)c(F)c3)cc2C1=Cc1ccc[nH]1. The molecule has 1 aromatic heterocycles. The third-order valence-corrected chi connectivity index (χ3v) is 4.21. The lowest BCUT2D eigenvalue weighted by molar-refractivity contribution is -0.110. The van der Waals surface area contributed by atoms with Crippen LogP contribution < -0.4 is 10.6 Å². The van der Waals surface area contributed by atoms with E-state index < -0.39 is 11.6 Å². The van der Waals surface area contributed by atoms with Crippen LogP contribution in [0.1, 0.15) is 16.8 Å². The molecule has 130 valence electrons. The molecule has 2 heterocycles. The van der Waals surface area contributed by atoms with Gasteiger partial charge in [0, 0.05) is 35.4 Å². The minimum atomic E-state index is -0.871. The molecule has 0 bridgehead atoms. The quantitative estimate of drug-likeness (QED) is 0.610. The Morgan fingerprint density at radius 1 is 1.04 bits per heavy atom. The molecular formula is C20H15F2N3O. The van der Waals surface area contributed by atoms with Gasteiger partial charge in [0.05, 0.1) is 5.57 Å². The van der Waals surface area contributed by atoms with E-state index in [1.165, 1.54) is 6.07 Å². The highest BCUT2D eigenvalue weighted by molar-refractivity contribution is 6.35. The second kappa shape index (κ2) is 6.48. The minimum Gasteiger partial charge on any atom is -0.381 e. The molecule has 3 aromatic rings. The molecule has 1 aliphatic heterocycles. The van der Waals surface area contributed by atoms with Gasteiger partial charge in [0.2, 0.25) is 0 Å². The third kappa shape index (κ3) is 3.09. The van der Waals surface area contributed by atoms with Gasteiger partial charge in [-0.3, -0.25) is 4.79 Å². The summed E-state index contributed by atoms with van der Waals surface area (Å²) in [5.74, 6) is -1.90. The number of rotatable bonds is 4. The number of anilines is 2. The Labute approximate surface area is 148 Å². The fraction of sp³-hybridized carbons (Fsp3) is 0.0500. The summed E-state index contributed by atoms with van der Waals surface area (Å²) in [6.45, 7) is 0.340. The van der Waals surface area contributed by atoms with Crippen LogP contribution in [0, 0.1) is 11.6 Å². The van der Waals surface area contributed by atoms with Gasteiger partial charge in [-0.15, -0.1) is 0 Å². The number of halogens is 2. The molecule has 0 aliphatic carbocycles. The summed E-state index contributed by atoms with van der Waals surface area (Å²) < 4.78 is 26.3. The van der Waals surface area contributed by atoms with Gasteiger partial charge in [0.25, 0.3) is 5.91 Å². The summed E-state index contributed by atoms with van der Waals surface area (Å²) in [7, 11) is 0. The van der Waals surface area contributed by atoms with Crippen molar-refractivity contribution >= 4 is 28.9 Å². The van der Waals surface area contributed by atoms with Crippen LogP contribution in [0.4, 0.5) is 20.2 Å². The van der Waals surface area contributed by atoms with Crippen LogP contribution in [0.3, 0.4) is 0 Å². The van der Waals surface area contributed by atoms with Crippen molar-refractivity contribution in [2.75, 3.05) is 10.6 Å². The molecule has 0 saturated carbocycles. The molecule has 1 aliphatic rings. The molecule has 0 radical (unpaired) electrons. The summed E-state index contributed by atoms with van der Waals surface area (Å²) in [5.41, 5.74) is 4.34. The highest BCUT2D eigenvalue weighted by Gasteiger charge is 2.24. The largest absolute Gasteiger partial charge is 0.381 e. The molecular weight excluding hydrogens is 336 g/mol. The number of H-pyrrole nitrogens is 1. The number of hydrogen-bond donors (Lipinski definition) is 3. The van der Waals surface area contributed by atoms with Crippen LogP contribution in [0.25, 0.3) is 11.6 Å². The number of benzene rings is 2. The highest BCUT2D eigenvalue weighted by atomic mass is 19.2. The maximum atomic E-state index is 13.3. The lowest BCUT2D eigenvalue weighted by Gasteiger charge is -2.09. The van der Waals surface area contributed by atoms with Crippen LogP contribution >= 0.6 is 0 Å². The van der Waals surface area contributed by atoms with Gasteiger partial charge in [-0.2, -0.15) is 0 Å². The fourth-order valence-corrected chi connectivity index (χ4v) is 2.88. The number of carbonyl (C=O) groups excluding carboxylic acids is 1. The van der Waals surface area contributed by atoms with Crippen LogP contribution in [0.2, 0.25) is 0 Å². The van der Waals surface area contributed by atoms with E-state index in [4.69, 9.17) is 0 Å². The van der Waals surface area contributed by atoms with E-state index in [1.807, 2.05) is 30.3 Å². The predicted molar refractivity (Wildman–Crippen MR) is 97.4 cm³/mol. The Morgan fingerprint density at radius 2 is 1.92 bits per heavy atom. The van der Waals surface area contributed by atoms with E-state index in [1.54, 1.807) is 12.3 Å². The number of hydrogen-bond acceptors (Lipinski definition) is 2. The van der Waals surface area contributed by atoms with Crippen LogP contribution in [-0.2, 0) is 11.3 Å². The number of nitrogens with one attached hydrogen (secondary N) is 3. The number of amides is 1. The van der Waals surface area contributed by atoms with Crippen molar-refractivity contribution < 1.29 is 13.6 Å². The summed E-state index contributed by atoms with van der Waals surface area (Å²) >= 11 is 0. The summed E-state index contributed by atoms with van der Waals surface area (Å²) in [4.78, 5) is 15.3. The fourth-order valence-electron chi connectivity index (χ4n) is 2.88. The Hall–Kier alpha value is -3.41. The average molecular weight is 351 g/mol. The van der Waals surface area contributed by atoms with E-state index in [0.29, 0.717) is 17.7 Å². The molecule has 4 nitrogen and oxygen atoms in total. The zero-order chi connectivity index (χ0) is 18.1. The molecule has 0 spiro atoms. The topological polar surface area (TPSA) is 56.9 Å². The number of carbonyl (C=O) groups is 1.